The molecule has 3 heterocycles. The third-order valence-corrected chi connectivity index (χ3v) is 9.55. The summed E-state index contributed by atoms with van der Waals surface area (Å²) in [4.78, 5) is 31.2. The topological polar surface area (TPSA) is 71.3 Å². The molecule has 1 aliphatic rings. The summed E-state index contributed by atoms with van der Waals surface area (Å²) in [5.74, 6) is 1.80. The number of para-hydroxylation sites is 1. The van der Waals surface area contributed by atoms with Gasteiger partial charge in [0.1, 0.15) is 0 Å². The maximum absolute atomic E-state index is 13.2. The van der Waals surface area contributed by atoms with Crippen molar-refractivity contribution in [2.75, 3.05) is 25.4 Å². The predicted octanol–water partition coefficient (Wildman–Crippen LogP) is 6.97. The van der Waals surface area contributed by atoms with Crippen molar-refractivity contribution < 1.29 is 9.59 Å². The molecule has 1 atom stereocenters. The van der Waals surface area contributed by atoms with Crippen LogP contribution in [0.15, 0.2) is 77.3 Å². The number of piperazine rings is 1. The first-order chi connectivity index (χ1) is 20.5. The fourth-order valence-electron chi connectivity index (χ4n) is 5.33. The number of aryl methyl sites for hydroxylation is 1. The highest BCUT2D eigenvalue weighted by Gasteiger charge is 2.30. The van der Waals surface area contributed by atoms with E-state index in [-0.39, 0.29) is 17.9 Å². The van der Waals surface area contributed by atoms with Crippen molar-refractivity contribution in [3.8, 4) is 16.4 Å². The third kappa shape index (κ3) is 7.31. The van der Waals surface area contributed by atoms with Crippen LogP contribution in [0.5, 0.6) is 0 Å². The third-order valence-electron chi connectivity index (χ3n) is 7.67. The Morgan fingerprint density at radius 2 is 1.76 bits per heavy atom. The summed E-state index contributed by atoms with van der Waals surface area (Å²) in [6.45, 7) is 5.95. The molecule has 220 valence electrons. The van der Waals surface area contributed by atoms with Crippen LogP contribution in [0.2, 0.25) is 0 Å². The molecular formula is C33H39N5O2S2. The molecule has 0 aliphatic carbocycles. The Bertz CT molecular complexity index is 1440. The number of benzene rings is 2. The molecule has 1 saturated heterocycles. The zero-order valence-corrected chi connectivity index (χ0v) is 26.1. The van der Waals surface area contributed by atoms with Gasteiger partial charge in [0.05, 0.1) is 4.88 Å². The minimum atomic E-state index is -0.0195. The summed E-state index contributed by atoms with van der Waals surface area (Å²) in [6.07, 6.45) is 5.90. The zero-order valence-electron chi connectivity index (χ0n) is 24.4. The van der Waals surface area contributed by atoms with Gasteiger partial charge in [-0.2, -0.15) is 0 Å². The van der Waals surface area contributed by atoms with E-state index in [1.807, 2.05) is 58.5 Å². The van der Waals surface area contributed by atoms with Crippen LogP contribution in [0.4, 0.5) is 0 Å². The summed E-state index contributed by atoms with van der Waals surface area (Å²) in [5.41, 5.74) is 3.03. The second-order valence-electron chi connectivity index (χ2n) is 10.7. The van der Waals surface area contributed by atoms with Crippen LogP contribution in [0.25, 0.3) is 16.4 Å². The fourth-order valence-corrected chi connectivity index (χ4v) is 6.92. The van der Waals surface area contributed by atoms with Crippen LogP contribution in [0.1, 0.15) is 61.9 Å². The lowest BCUT2D eigenvalue weighted by Gasteiger charge is -2.40. The molecule has 7 nitrogen and oxygen atoms in total. The van der Waals surface area contributed by atoms with E-state index in [9.17, 15) is 9.59 Å². The first kappa shape index (κ1) is 30.0. The number of rotatable bonds is 12. The van der Waals surface area contributed by atoms with Crippen molar-refractivity contribution in [2.24, 2.45) is 0 Å². The van der Waals surface area contributed by atoms with Gasteiger partial charge in [0.15, 0.2) is 11.0 Å². The van der Waals surface area contributed by atoms with E-state index >= 15 is 0 Å². The second kappa shape index (κ2) is 14.6. The number of unbranched alkanes of at least 4 members (excludes halogenated alkanes) is 2. The number of aromatic nitrogens is 3. The minimum absolute atomic E-state index is 0.0195. The molecule has 4 aromatic rings. The molecule has 1 fully saturated rings. The first-order valence-corrected chi connectivity index (χ1v) is 16.8. The predicted molar refractivity (Wildman–Crippen MR) is 171 cm³/mol. The van der Waals surface area contributed by atoms with Crippen molar-refractivity contribution in [2.45, 2.75) is 63.6 Å². The first-order valence-electron chi connectivity index (χ1n) is 14.9. The van der Waals surface area contributed by atoms with Gasteiger partial charge in [-0.15, -0.1) is 21.5 Å². The van der Waals surface area contributed by atoms with Crippen molar-refractivity contribution in [1.82, 2.24) is 24.6 Å². The number of hydrogen-bond acceptors (Lipinski definition) is 6. The van der Waals surface area contributed by atoms with Gasteiger partial charge < -0.3 is 9.80 Å². The summed E-state index contributed by atoms with van der Waals surface area (Å²) in [7, 11) is 0. The Hall–Kier alpha value is -3.43. The molecule has 9 heteroatoms. The van der Waals surface area contributed by atoms with Crippen LogP contribution in [-0.2, 0) is 11.2 Å². The molecule has 5 rings (SSSR count). The quantitative estimate of drug-likeness (QED) is 0.130. The average Bonchev–Trinajstić information content (AvgIpc) is 3.70. The normalized spacial score (nSPS) is 15.2. The van der Waals surface area contributed by atoms with E-state index in [2.05, 4.69) is 52.0 Å². The van der Waals surface area contributed by atoms with Crippen LogP contribution >= 0.6 is 23.1 Å². The second-order valence-corrected chi connectivity index (χ2v) is 12.8. The SMILES string of the molecule is CCCCCc1ccc(C(=O)N2CCN(C(=O)CCCSc3nnc(-c4cccs4)n3-c3ccccc3)CC2C)cc1. The molecule has 0 N–H and O–H groups in total. The van der Waals surface area contributed by atoms with Crippen molar-refractivity contribution in [3.05, 3.63) is 83.2 Å². The maximum atomic E-state index is 13.2. The van der Waals surface area contributed by atoms with Gasteiger partial charge in [-0.1, -0.05) is 67.9 Å². The molecule has 2 amide bonds. The molecule has 2 aromatic carbocycles. The van der Waals surface area contributed by atoms with Crippen LogP contribution in [0.3, 0.4) is 0 Å². The highest BCUT2D eigenvalue weighted by Crippen LogP contribution is 2.30. The molecule has 0 spiro atoms. The summed E-state index contributed by atoms with van der Waals surface area (Å²) in [6, 6.07) is 22.3. The van der Waals surface area contributed by atoms with Crippen LogP contribution < -0.4 is 0 Å². The summed E-state index contributed by atoms with van der Waals surface area (Å²) < 4.78 is 2.09. The number of nitrogens with zero attached hydrogens (tertiary/aromatic N) is 5. The van der Waals surface area contributed by atoms with Gasteiger partial charge in [-0.25, -0.2) is 0 Å². The Morgan fingerprint density at radius 3 is 2.48 bits per heavy atom. The molecule has 42 heavy (non-hydrogen) atoms. The Balaban J connectivity index is 1.11. The molecule has 0 radical (unpaired) electrons. The molecule has 0 saturated carbocycles. The fraction of sp³-hybridized carbons (Fsp3) is 0.394. The lowest BCUT2D eigenvalue weighted by molar-refractivity contribution is -0.133. The molecule has 0 bridgehead atoms. The molecule has 1 aliphatic heterocycles. The van der Waals surface area contributed by atoms with Gasteiger partial charge in [-0.05, 0) is 67.5 Å². The summed E-state index contributed by atoms with van der Waals surface area (Å²) >= 11 is 3.27. The van der Waals surface area contributed by atoms with Crippen LogP contribution in [0, 0.1) is 0 Å². The van der Waals surface area contributed by atoms with E-state index < -0.39 is 0 Å². The summed E-state index contributed by atoms with van der Waals surface area (Å²) in [5, 5.41) is 11.8. The van der Waals surface area contributed by atoms with Crippen molar-refractivity contribution >= 4 is 34.9 Å². The van der Waals surface area contributed by atoms with Gasteiger partial charge in [-0.3, -0.25) is 14.2 Å². The minimum Gasteiger partial charge on any atom is -0.339 e. The molecule has 1 unspecified atom stereocenters. The molecule has 2 aromatic heterocycles. The monoisotopic (exact) mass is 601 g/mol. The van der Waals surface area contributed by atoms with E-state index in [0.29, 0.717) is 26.1 Å². The number of hydrogen-bond donors (Lipinski definition) is 0. The largest absolute Gasteiger partial charge is 0.339 e. The number of thiophene rings is 1. The standard InChI is InChI=1S/C33H39N5O2S2/c1-3-4-6-11-26-16-18-27(19-17-26)32(40)37-21-20-36(24-25(37)2)30(39)15-10-23-42-33-35-34-31(29-14-9-22-41-29)38(33)28-12-7-5-8-13-28/h5,7-9,12-14,16-19,22,25H,3-4,6,10-11,15,20-21,23-24H2,1-2H3. The average molecular weight is 602 g/mol. The van der Waals surface area contributed by atoms with Crippen LogP contribution in [-0.4, -0.2) is 67.8 Å². The maximum Gasteiger partial charge on any atom is 0.254 e. The number of thioether (sulfide) groups is 1. The number of amides is 2. The van der Waals surface area contributed by atoms with Crippen molar-refractivity contribution in [1.29, 1.82) is 0 Å². The Labute approximate surface area is 257 Å². The zero-order chi connectivity index (χ0) is 29.3. The Morgan fingerprint density at radius 1 is 0.952 bits per heavy atom. The molecular weight excluding hydrogens is 563 g/mol. The van der Waals surface area contributed by atoms with E-state index in [0.717, 1.165) is 45.7 Å². The highest BCUT2D eigenvalue weighted by molar-refractivity contribution is 7.99. The lowest BCUT2D eigenvalue weighted by atomic mass is 10.0. The van der Waals surface area contributed by atoms with Gasteiger partial charge in [0.25, 0.3) is 5.91 Å². The number of carbonyl (C=O) groups excluding carboxylic acids is 2. The van der Waals surface area contributed by atoms with E-state index in [4.69, 9.17) is 0 Å². The number of carbonyl (C=O) groups is 2. The Kier molecular flexibility index (Phi) is 10.5. The van der Waals surface area contributed by atoms with Crippen molar-refractivity contribution in [3.63, 3.8) is 0 Å². The highest BCUT2D eigenvalue weighted by atomic mass is 32.2. The van der Waals surface area contributed by atoms with Gasteiger partial charge >= 0.3 is 0 Å². The van der Waals surface area contributed by atoms with E-state index in [1.165, 1.54) is 24.8 Å². The van der Waals surface area contributed by atoms with E-state index in [1.54, 1.807) is 23.1 Å². The van der Waals surface area contributed by atoms with Gasteiger partial charge in [0.2, 0.25) is 5.91 Å². The smallest absolute Gasteiger partial charge is 0.254 e. The van der Waals surface area contributed by atoms with Gasteiger partial charge in [0, 0.05) is 49.1 Å². The lowest BCUT2D eigenvalue weighted by Crippen LogP contribution is -2.55.